The summed E-state index contributed by atoms with van der Waals surface area (Å²) in [6.07, 6.45) is -0.968. The lowest BCUT2D eigenvalue weighted by atomic mass is 9.84. The van der Waals surface area contributed by atoms with Crippen LogP contribution in [0.2, 0.25) is 0 Å². The van der Waals surface area contributed by atoms with Crippen LogP contribution in [-0.2, 0) is 36.0 Å². The quantitative estimate of drug-likeness (QED) is 0.126. The average molecular weight is 622 g/mol. The van der Waals surface area contributed by atoms with E-state index in [0.717, 1.165) is 0 Å². The first-order chi connectivity index (χ1) is 20.6. The molecule has 1 atom stereocenters. The highest BCUT2D eigenvalue weighted by Crippen LogP contribution is 2.37. The van der Waals surface area contributed by atoms with Crippen LogP contribution < -0.4 is 0 Å². The molecule has 0 fully saturated rings. The summed E-state index contributed by atoms with van der Waals surface area (Å²) in [5.74, 6) is -2.11. The molecule has 44 heavy (non-hydrogen) atoms. The standard InChI is InChI=1S/C32H35N3O8S/c1-19(36)15-28(20(2)31(39)40)43-29(37)14-11-21-16-24(32(3,4)5)30(38)27(17-21)35-33-25-13-12-23(18-26(25)34-35)44(41,42)22-9-7-6-8-10-22/h6-10,12-13,16-19,36,38H,11,14-15H2,1-5H3,(H,39,40). The number of hydrogen-bond acceptors (Lipinski definition) is 9. The van der Waals surface area contributed by atoms with Gasteiger partial charge < -0.3 is 20.1 Å². The van der Waals surface area contributed by atoms with Gasteiger partial charge in [-0.05, 0) is 67.6 Å². The Bertz CT molecular complexity index is 1850. The Balaban J connectivity index is 1.68. The number of phenols is 1. The molecule has 3 aromatic carbocycles. The number of fused-ring (bicyclic) bond motifs is 1. The summed E-state index contributed by atoms with van der Waals surface area (Å²) in [4.78, 5) is 25.6. The van der Waals surface area contributed by atoms with Crippen LogP contribution in [-0.4, -0.2) is 56.8 Å². The van der Waals surface area contributed by atoms with Gasteiger partial charge in [0.05, 0.1) is 21.5 Å². The number of hydrogen-bond donors (Lipinski definition) is 3. The molecule has 0 spiro atoms. The fraction of sp³-hybridized carbons (Fsp3) is 0.312. The molecule has 232 valence electrons. The summed E-state index contributed by atoms with van der Waals surface area (Å²) in [5.41, 5.74) is 1.50. The zero-order valence-corrected chi connectivity index (χ0v) is 25.9. The van der Waals surface area contributed by atoms with E-state index in [9.17, 15) is 33.3 Å². The van der Waals surface area contributed by atoms with Crippen molar-refractivity contribution >= 4 is 32.8 Å². The third kappa shape index (κ3) is 7.14. The minimum absolute atomic E-state index is 0.0530. The highest BCUT2D eigenvalue weighted by molar-refractivity contribution is 7.91. The first-order valence-electron chi connectivity index (χ1n) is 13.9. The van der Waals surface area contributed by atoms with Crippen LogP contribution in [0.3, 0.4) is 0 Å². The molecule has 11 nitrogen and oxygen atoms in total. The largest absolute Gasteiger partial charge is 0.505 e. The fourth-order valence-electron chi connectivity index (χ4n) is 4.54. The number of sulfone groups is 1. The van der Waals surface area contributed by atoms with Gasteiger partial charge in [-0.1, -0.05) is 45.0 Å². The van der Waals surface area contributed by atoms with Crippen molar-refractivity contribution in [2.75, 3.05) is 0 Å². The minimum Gasteiger partial charge on any atom is -0.505 e. The lowest BCUT2D eigenvalue weighted by Gasteiger charge is -2.23. The van der Waals surface area contributed by atoms with Crippen LogP contribution >= 0.6 is 0 Å². The molecule has 0 bridgehead atoms. The average Bonchev–Trinajstić information content (AvgIpc) is 3.38. The first-order valence-corrected chi connectivity index (χ1v) is 15.4. The number of phenolic OH excluding ortho intramolecular Hbond substituents is 1. The Morgan fingerprint density at radius 2 is 1.64 bits per heavy atom. The van der Waals surface area contributed by atoms with Crippen LogP contribution in [0.15, 0.2) is 81.8 Å². The number of benzene rings is 3. The van der Waals surface area contributed by atoms with Crippen LogP contribution in [0, 0.1) is 0 Å². The van der Waals surface area contributed by atoms with E-state index in [1.54, 1.807) is 36.4 Å². The fourth-order valence-corrected chi connectivity index (χ4v) is 5.85. The topological polar surface area (TPSA) is 169 Å². The third-order valence-electron chi connectivity index (χ3n) is 6.96. The van der Waals surface area contributed by atoms with E-state index in [1.807, 2.05) is 20.8 Å². The molecule has 0 aliphatic rings. The zero-order valence-electron chi connectivity index (χ0n) is 25.1. The van der Waals surface area contributed by atoms with Crippen molar-refractivity contribution < 1.29 is 38.1 Å². The highest BCUT2D eigenvalue weighted by Gasteiger charge is 2.25. The number of carboxylic acid groups (broad SMARTS) is 1. The first kappa shape index (κ1) is 32.4. The Morgan fingerprint density at radius 3 is 2.25 bits per heavy atom. The summed E-state index contributed by atoms with van der Waals surface area (Å²) in [7, 11) is -3.79. The smallest absolute Gasteiger partial charge is 0.334 e. The molecule has 0 radical (unpaired) electrons. The van der Waals surface area contributed by atoms with Gasteiger partial charge in [0.15, 0.2) is 0 Å². The van der Waals surface area contributed by atoms with Crippen molar-refractivity contribution in [1.29, 1.82) is 0 Å². The number of aromatic nitrogens is 3. The number of carbonyl (C=O) groups is 2. The second-order valence-electron chi connectivity index (χ2n) is 11.6. The van der Waals surface area contributed by atoms with E-state index in [2.05, 4.69) is 10.2 Å². The summed E-state index contributed by atoms with van der Waals surface area (Å²) in [6.45, 7) is 8.51. The van der Waals surface area contributed by atoms with Crippen molar-refractivity contribution in [3.63, 3.8) is 0 Å². The maximum Gasteiger partial charge on any atom is 0.334 e. The van der Waals surface area contributed by atoms with Gasteiger partial charge >= 0.3 is 11.9 Å². The van der Waals surface area contributed by atoms with Crippen LogP contribution in [0.25, 0.3) is 16.7 Å². The number of nitrogens with zero attached hydrogens (tertiary/aromatic N) is 3. The van der Waals surface area contributed by atoms with E-state index in [4.69, 9.17) is 4.74 Å². The normalized spacial score (nSPS) is 13.4. The minimum atomic E-state index is -3.79. The maximum atomic E-state index is 13.1. The lowest BCUT2D eigenvalue weighted by molar-refractivity contribution is -0.140. The number of aliphatic hydroxyl groups is 1. The predicted molar refractivity (Wildman–Crippen MR) is 162 cm³/mol. The molecule has 4 aromatic rings. The second kappa shape index (κ2) is 12.6. The number of ether oxygens (including phenoxy) is 1. The Kier molecular flexibility index (Phi) is 9.26. The summed E-state index contributed by atoms with van der Waals surface area (Å²) < 4.78 is 31.6. The maximum absolute atomic E-state index is 13.1. The number of carboxylic acids is 1. The zero-order chi connectivity index (χ0) is 32.4. The van der Waals surface area contributed by atoms with Gasteiger partial charge in [-0.3, -0.25) is 4.79 Å². The number of aliphatic carboxylic acids is 1. The Hall–Kier alpha value is -4.55. The Labute approximate surface area is 255 Å². The van der Waals surface area contributed by atoms with Gasteiger partial charge in [-0.2, -0.15) is 0 Å². The molecule has 1 unspecified atom stereocenters. The number of rotatable bonds is 10. The van der Waals surface area contributed by atoms with Crippen molar-refractivity contribution in [3.05, 3.63) is 83.1 Å². The van der Waals surface area contributed by atoms with E-state index >= 15 is 0 Å². The van der Waals surface area contributed by atoms with Crippen LogP contribution in [0.5, 0.6) is 5.75 Å². The molecular formula is C32H35N3O8S. The van der Waals surface area contributed by atoms with Crippen molar-refractivity contribution in [2.45, 2.75) is 75.2 Å². The molecule has 0 amide bonds. The predicted octanol–water partition coefficient (Wildman–Crippen LogP) is 4.86. The van der Waals surface area contributed by atoms with Gasteiger partial charge in [0.2, 0.25) is 9.84 Å². The molecule has 1 aromatic heterocycles. The molecule has 12 heteroatoms. The molecule has 1 heterocycles. The van der Waals surface area contributed by atoms with E-state index < -0.39 is 33.3 Å². The molecular weight excluding hydrogens is 586 g/mol. The number of carbonyl (C=O) groups excluding carboxylic acids is 1. The molecule has 0 aliphatic heterocycles. The molecule has 4 rings (SSSR count). The second-order valence-corrected chi connectivity index (χ2v) is 13.5. The van der Waals surface area contributed by atoms with Gasteiger partial charge in [0.1, 0.15) is 28.2 Å². The summed E-state index contributed by atoms with van der Waals surface area (Å²) >= 11 is 0. The van der Waals surface area contributed by atoms with Crippen LogP contribution in [0.4, 0.5) is 0 Å². The van der Waals surface area contributed by atoms with E-state index in [0.29, 0.717) is 22.2 Å². The van der Waals surface area contributed by atoms with Gasteiger partial charge in [-0.15, -0.1) is 15.0 Å². The van der Waals surface area contributed by atoms with E-state index in [1.165, 1.54) is 42.9 Å². The third-order valence-corrected chi connectivity index (χ3v) is 8.73. The SMILES string of the molecule is CC(C(=O)O)=C(CC(C)O)OC(=O)CCc1cc(-n2nc3ccc(S(=O)(=O)c4ccccc4)cc3n2)c(O)c(C(C)(C)C)c1. The monoisotopic (exact) mass is 621 g/mol. The number of esters is 1. The molecule has 3 N–H and O–H groups in total. The summed E-state index contributed by atoms with van der Waals surface area (Å²) in [5, 5.41) is 39.3. The highest BCUT2D eigenvalue weighted by atomic mass is 32.2. The lowest BCUT2D eigenvalue weighted by Crippen LogP contribution is -2.15. The molecule has 0 saturated carbocycles. The number of aryl methyl sites for hydroxylation is 1. The number of aromatic hydroxyl groups is 1. The molecule has 0 saturated heterocycles. The van der Waals surface area contributed by atoms with Crippen LogP contribution in [0.1, 0.15) is 58.6 Å². The van der Waals surface area contributed by atoms with Crippen molar-refractivity contribution in [1.82, 2.24) is 15.0 Å². The van der Waals surface area contributed by atoms with Gasteiger partial charge in [0.25, 0.3) is 0 Å². The number of aliphatic hydroxyl groups excluding tert-OH is 1. The van der Waals surface area contributed by atoms with Gasteiger partial charge in [-0.25, -0.2) is 13.2 Å². The summed E-state index contributed by atoms with van der Waals surface area (Å²) in [6, 6.07) is 15.9. The molecule has 0 aliphatic carbocycles. The van der Waals surface area contributed by atoms with Gasteiger partial charge in [0, 0.05) is 18.4 Å². The van der Waals surface area contributed by atoms with Crippen molar-refractivity contribution in [2.24, 2.45) is 0 Å². The van der Waals surface area contributed by atoms with E-state index in [-0.39, 0.29) is 51.8 Å². The van der Waals surface area contributed by atoms with Crippen molar-refractivity contribution in [3.8, 4) is 11.4 Å². The Morgan fingerprint density at radius 1 is 0.977 bits per heavy atom.